The molecule has 5 nitrogen and oxygen atoms in total. The van der Waals surface area contributed by atoms with E-state index >= 15 is 0 Å². The number of rotatable bonds is 8. The highest BCUT2D eigenvalue weighted by atomic mass is 32.1. The van der Waals surface area contributed by atoms with E-state index in [9.17, 15) is 9.90 Å². The molecular formula is C29H40N3O2S+. The Morgan fingerprint density at radius 2 is 1.94 bits per heavy atom. The van der Waals surface area contributed by atoms with Crippen LogP contribution in [0.5, 0.6) is 0 Å². The number of thiazole rings is 1. The van der Waals surface area contributed by atoms with Gasteiger partial charge in [0.25, 0.3) is 5.13 Å². The fraction of sp³-hybridized carbons (Fsp3) is 0.517. The zero-order chi connectivity index (χ0) is 25.4. The van der Waals surface area contributed by atoms with Crippen molar-refractivity contribution < 1.29 is 14.8 Å². The van der Waals surface area contributed by atoms with E-state index < -0.39 is 5.97 Å². The number of aromatic nitrogens is 1. The lowest BCUT2D eigenvalue weighted by Crippen LogP contribution is -3.11. The number of hydrogen-bond acceptors (Lipinski definition) is 4. The van der Waals surface area contributed by atoms with Crippen LogP contribution in [0.15, 0.2) is 54.1 Å². The van der Waals surface area contributed by atoms with Crippen molar-refractivity contribution in [2.45, 2.75) is 83.8 Å². The number of hydrogen-bond donors (Lipinski definition) is 3. The van der Waals surface area contributed by atoms with Crippen molar-refractivity contribution in [3.05, 3.63) is 70.3 Å². The lowest BCUT2D eigenvalue weighted by molar-refractivity contribution is -0.855. The predicted octanol–water partition coefficient (Wildman–Crippen LogP) is 4.77. The Labute approximate surface area is 214 Å². The third-order valence-electron chi connectivity index (χ3n) is 7.53. The molecule has 0 fully saturated rings. The van der Waals surface area contributed by atoms with Crippen molar-refractivity contribution in [3.63, 3.8) is 0 Å². The maximum absolute atomic E-state index is 11.4. The molecule has 1 aromatic carbocycles. The Morgan fingerprint density at radius 3 is 2.54 bits per heavy atom. The van der Waals surface area contributed by atoms with Crippen molar-refractivity contribution in [1.82, 2.24) is 10.3 Å². The lowest BCUT2D eigenvalue weighted by atomic mass is 9.65. The van der Waals surface area contributed by atoms with Crippen molar-refractivity contribution in [3.8, 4) is 0 Å². The van der Waals surface area contributed by atoms with Gasteiger partial charge < -0.3 is 10.4 Å². The standard InChI is InChI=1S/C29H39N3O2S/c1-19(2)18-32(22-14-12-21(13-15-22)26(33)34)27-31-24-25(35-27)28(3,4)16-23(29(24,5)6)30-17-20-10-8-7-9-11-20/h7-14,19,22-23,30H,15-18H2,1-6H3,(H,33,34)/p+1. The minimum atomic E-state index is -0.854. The molecule has 0 spiro atoms. The van der Waals surface area contributed by atoms with Gasteiger partial charge in [0.2, 0.25) is 0 Å². The summed E-state index contributed by atoms with van der Waals surface area (Å²) >= 11 is 1.87. The molecule has 188 valence electrons. The second-order valence-corrected chi connectivity index (χ2v) is 12.7. The minimum absolute atomic E-state index is 0.0385. The summed E-state index contributed by atoms with van der Waals surface area (Å²) in [6.07, 6.45) is 7.48. The zero-order valence-corrected chi connectivity index (χ0v) is 22.7. The second kappa shape index (κ2) is 10.00. The molecule has 0 bridgehead atoms. The van der Waals surface area contributed by atoms with Crippen LogP contribution >= 0.6 is 11.3 Å². The van der Waals surface area contributed by atoms with E-state index in [0.29, 0.717) is 17.5 Å². The van der Waals surface area contributed by atoms with Gasteiger partial charge in [-0.1, -0.05) is 89.3 Å². The first-order valence-electron chi connectivity index (χ1n) is 12.8. The van der Waals surface area contributed by atoms with E-state index in [1.165, 1.54) is 21.0 Å². The normalized spacial score (nSPS) is 23.6. The second-order valence-electron chi connectivity index (χ2n) is 11.7. The summed E-state index contributed by atoms with van der Waals surface area (Å²) < 4.78 is 0. The molecule has 0 radical (unpaired) electrons. The molecule has 2 aromatic rings. The van der Waals surface area contributed by atoms with Crippen LogP contribution in [0.1, 0.15) is 70.5 Å². The first-order valence-corrected chi connectivity index (χ1v) is 13.6. The average Bonchev–Trinajstić information content (AvgIpc) is 3.28. The number of nitrogens with one attached hydrogen (secondary N) is 2. The molecular weight excluding hydrogens is 454 g/mol. The summed E-state index contributed by atoms with van der Waals surface area (Å²) in [6.45, 7) is 15.7. The monoisotopic (exact) mass is 494 g/mol. The largest absolute Gasteiger partial charge is 0.478 e. The van der Waals surface area contributed by atoms with Gasteiger partial charge in [0.05, 0.1) is 17.8 Å². The molecule has 2 aliphatic rings. The van der Waals surface area contributed by atoms with Crippen LogP contribution in [0.2, 0.25) is 0 Å². The van der Waals surface area contributed by atoms with Gasteiger partial charge in [0, 0.05) is 40.6 Å². The number of fused-ring (bicyclic) bond motifs is 1. The fourth-order valence-corrected chi connectivity index (χ4v) is 6.88. The number of carboxylic acid groups (broad SMARTS) is 1. The Hall–Kier alpha value is -2.28. The van der Waals surface area contributed by atoms with Crippen LogP contribution < -0.4 is 10.2 Å². The number of nitrogens with zero attached hydrogens (tertiary/aromatic N) is 1. The van der Waals surface area contributed by atoms with Crippen molar-refractivity contribution in [2.24, 2.45) is 5.92 Å². The van der Waals surface area contributed by atoms with E-state index in [0.717, 1.165) is 31.1 Å². The van der Waals surface area contributed by atoms with Gasteiger partial charge in [-0.05, 0) is 24.1 Å². The van der Waals surface area contributed by atoms with Crippen LogP contribution in [0.4, 0.5) is 5.13 Å². The Bertz CT molecular complexity index is 1110. The van der Waals surface area contributed by atoms with Crippen molar-refractivity contribution in [1.29, 1.82) is 0 Å². The van der Waals surface area contributed by atoms with E-state index in [1.807, 2.05) is 17.4 Å². The molecule has 2 aliphatic carbocycles. The van der Waals surface area contributed by atoms with E-state index in [-0.39, 0.29) is 16.9 Å². The van der Waals surface area contributed by atoms with Crippen LogP contribution in [0.3, 0.4) is 0 Å². The quantitative estimate of drug-likeness (QED) is 0.494. The molecule has 0 saturated carbocycles. The van der Waals surface area contributed by atoms with E-state index in [1.54, 1.807) is 6.08 Å². The number of carboxylic acids is 1. The summed E-state index contributed by atoms with van der Waals surface area (Å²) in [7, 11) is 0. The first-order chi connectivity index (χ1) is 16.5. The number of quaternary nitrogens is 1. The molecule has 3 atom stereocenters. The Morgan fingerprint density at radius 1 is 1.23 bits per heavy atom. The van der Waals surface area contributed by atoms with E-state index in [2.05, 4.69) is 83.3 Å². The summed E-state index contributed by atoms with van der Waals surface area (Å²) in [4.78, 5) is 19.5. The highest BCUT2D eigenvalue weighted by Crippen LogP contribution is 2.48. The van der Waals surface area contributed by atoms with Gasteiger partial charge in [0.1, 0.15) is 6.04 Å². The first kappa shape index (κ1) is 25.8. The highest BCUT2D eigenvalue weighted by molar-refractivity contribution is 7.15. The van der Waals surface area contributed by atoms with Gasteiger partial charge in [-0.25, -0.2) is 4.79 Å². The highest BCUT2D eigenvalue weighted by Gasteiger charge is 2.48. The predicted molar refractivity (Wildman–Crippen MR) is 143 cm³/mol. The molecule has 4 rings (SSSR count). The molecule has 6 heteroatoms. The molecule has 1 heterocycles. The minimum Gasteiger partial charge on any atom is -0.478 e. The van der Waals surface area contributed by atoms with Gasteiger partial charge in [-0.3, -0.25) is 4.90 Å². The smallest absolute Gasteiger partial charge is 0.335 e. The molecule has 35 heavy (non-hydrogen) atoms. The van der Waals surface area contributed by atoms with Crippen LogP contribution in [-0.4, -0.2) is 34.7 Å². The molecule has 1 aromatic heterocycles. The topological polar surface area (TPSA) is 66.7 Å². The summed E-state index contributed by atoms with van der Waals surface area (Å²) in [5.41, 5.74) is 2.86. The number of benzene rings is 1. The summed E-state index contributed by atoms with van der Waals surface area (Å²) in [6, 6.07) is 11.1. The maximum Gasteiger partial charge on any atom is 0.335 e. The average molecular weight is 495 g/mol. The van der Waals surface area contributed by atoms with Gasteiger partial charge in [-0.2, -0.15) is 4.98 Å². The molecule has 3 N–H and O–H groups in total. The Balaban J connectivity index is 1.64. The zero-order valence-electron chi connectivity index (χ0n) is 21.9. The number of aliphatic carboxylic acids is 1. The molecule has 3 unspecified atom stereocenters. The van der Waals surface area contributed by atoms with Crippen molar-refractivity contribution in [2.75, 3.05) is 6.54 Å². The number of carbonyl (C=O) groups is 1. The third kappa shape index (κ3) is 5.45. The summed E-state index contributed by atoms with van der Waals surface area (Å²) in [5.74, 6) is -0.349. The Kier molecular flexibility index (Phi) is 7.37. The third-order valence-corrected chi connectivity index (χ3v) is 9.03. The molecule has 0 aliphatic heterocycles. The molecule has 0 saturated heterocycles. The molecule has 0 amide bonds. The van der Waals surface area contributed by atoms with Gasteiger partial charge in [0.15, 0.2) is 0 Å². The van der Waals surface area contributed by atoms with Crippen LogP contribution in [0.25, 0.3) is 0 Å². The fourth-order valence-electron chi connectivity index (χ4n) is 5.41. The van der Waals surface area contributed by atoms with Gasteiger partial charge in [-0.15, -0.1) is 0 Å². The van der Waals surface area contributed by atoms with Crippen molar-refractivity contribution >= 4 is 22.4 Å². The maximum atomic E-state index is 11.4. The summed E-state index contributed by atoms with van der Waals surface area (Å²) in [5, 5.41) is 14.3. The SMILES string of the molecule is CC(C)C[NH+](c1nc2c(s1)C(C)(C)CC(NCc1ccccc1)C2(C)C)C1C=CC(C(=O)O)=CC1. The van der Waals surface area contributed by atoms with Crippen LogP contribution in [0, 0.1) is 5.92 Å². The van der Waals surface area contributed by atoms with Gasteiger partial charge >= 0.3 is 5.97 Å². The van der Waals surface area contributed by atoms with E-state index in [4.69, 9.17) is 4.98 Å². The lowest BCUT2D eigenvalue weighted by Gasteiger charge is -2.45. The van der Waals surface area contributed by atoms with Crippen LogP contribution in [-0.2, 0) is 22.2 Å².